The van der Waals surface area contributed by atoms with E-state index in [1.54, 1.807) is 0 Å². The van der Waals surface area contributed by atoms with Gasteiger partial charge in [0, 0.05) is 21.9 Å². The number of nitrogens with one attached hydrogen (secondary N) is 1. The van der Waals surface area contributed by atoms with Gasteiger partial charge in [0.15, 0.2) is 0 Å². The number of urea groups is 1. The molecule has 1 aromatic heterocycles. The predicted octanol–water partition coefficient (Wildman–Crippen LogP) is 5.70. The molecular formula is C23H33BrN4O. The van der Waals surface area contributed by atoms with Crippen molar-refractivity contribution in [3.8, 4) is 0 Å². The second-order valence-electron chi connectivity index (χ2n) is 7.35. The van der Waals surface area contributed by atoms with E-state index in [0.717, 1.165) is 54.0 Å². The summed E-state index contributed by atoms with van der Waals surface area (Å²) in [6.07, 6.45) is 2.02. The Hall–Kier alpha value is -1.92. The van der Waals surface area contributed by atoms with Crippen molar-refractivity contribution in [2.24, 2.45) is 0 Å². The molecule has 1 heterocycles. The van der Waals surface area contributed by atoms with Gasteiger partial charge in [0.1, 0.15) is 0 Å². The van der Waals surface area contributed by atoms with Gasteiger partial charge in [-0.3, -0.25) is 4.98 Å². The van der Waals surface area contributed by atoms with Gasteiger partial charge in [0.05, 0.1) is 12.2 Å². The van der Waals surface area contributed by atoms with Crippen molar-refractivity contribution in [1.82, 2.24) is 14.8 Å². The molecule has 0 radical (unpaired) electrons. The number of amides is 2. The normalized spacial score (nSPS) is 12.1. The highest BCUT2D eigenvalue weighted by molar-refractivity contribution is 9.10. The van der Waals surface area contributed by atoms with Gasteiger partial charge in [0.2, 0.25) is 0 Å². The summed E-state index contributed by atoms with van der Waals surface area (Å²) < 4.78 is 0.987. The maximum Gasteiger partial charge on any atom is 0.322 e. The number of pyridine rings is 1. The van der Waals surface area contributed by atoms with Crippen LogP contribution >= 0.6 is 15.9 Å². The minimum atomic E-state index is -0.0917. The van der Waals surface area contributed by atoms with E-state index >= 15 is 0 Å². The summed E-state index contributed by atoms with van der Waals surface area (Å²) >= 11 is 3.43. The maximum atomic E-state index is 13.1. The lowest BCUT2D eigenvalue weighted by molar-refractivity contribution is 0.180. The lowest BCUT2D eigenvalue weighted by Gasteiger charge is -2.30. The van der Waals surface area contributed by atoms with E-state index in [2.05, 4.69) is 51.9 Å². The van der Waals surface area contributed by atoms with Crippen molar-refractivity contribution in [3.63, 3.8) is 0 Å². The summed E-state index contributed by atoms with van der Waals surface area (Å²) in [5.74, 6) is 0. The molecule has 0 bridgehead atoms. The van der Waals surface area contributed by atoms with E-state index in [4.69, 9.17) is 0 Å². The standard InChI is InChI=1S/C23H33BrN4O/c1-5-27(6-2)16-8-10-19(4)28(17-22-11-7-9-18(3)25-22)23(29)26-21-14-12-20(24)13-15-21/h7,9,11-15,19H,5-6,8,10,16-17H2,1-4H3,(H,26,29). The highest BCUT2D eigenvalue weighted by atomic mass is 79.9. The first-order valence-electron chi connectivity index (χ1n) is 10.4. The second kappa shape index (κ2) is 11.9. The Morgan fingerprint density at radius 1 is 1.14 bits per heavy atom. The van der Waals surface area contributed by atoms with Crippen LogP contribution < -0.4 is 5.32 Å². The summed E-state index contributed by atoms with van der Waals surface area (Å²) in [4.78, 5) is 22.0. The number of hydrogen-bond acceptors (Lipinski definition) is 3. The second-order valence-corrected chi connectivity index (χ2v) is 8.27. The number of rotatable bonds is 10. The van der Waals surface area contributed by atoms with Crippen LogP contribution in [0, 0.1) is 6.92 Å². The zero-order chi connectivity index (χ0) is 21.2. The molecule has 0 aliphatic rings. The van der Waals surface area contributed by atoms with Crippen LogP contribution in [0.1, 0.15) is 45.0 Å². The molecular weight excluding hydrogens is 428 g/mol. The third kappa shape index (κ3) is 7.78. The fraction of sp³-hybridized carbons (Fsp3) is 0.478. The minimum Gasteiger partial charge on any atom is -0.316 e. The Morgan fingerprint density at radius 2 is 1.83 bits per heavy atom. The Labute approximate surface area is 183 Å². The van der Waals surface area contributed by atoms with E-state index in [1.807, 2.05) is 54.3 Å². The molecule has 2 amide bonds. The van der Waals surface area contributed by atoms with Gasteiger partial charge in [-0.05, 0) is 82.7 Å². The molecule has 0 saturated heterocycles. The van der Waals surface area contributed by atoms with Gasteiger partial charge >= 0.3 is 6.03 Å². The smallest absolute Gasteiger partial charge is 0.316 e. The molecule has 0 aliphatic carbocycles. The summed E-state index contributed by atoms with van der Waals surface area (Å²) in [6.45, 7) is 12.2. The molecule has 1 atom stereocenters. The fourth-order valence-corrected chi connectivity index (χ4v) is 3.59. The van der Waals surface area contributed by atoms with Crippen molar-refractivity contribution in [2.75, 3.05) is 25.0 Å². The van der Waals surface area contributed by atoms with Crippen molar-refractivity contribution in [1.29, 1.82) is 0 Å². The molecule has 0 saturated carbocycles. The van der Waals surface area contributed by atoms with Crippen LogP contribution in [0.4, 0.5) is 10.5 Å². The van der Waals surface area contributed by atoms with Crippen LogP contribution in [0.3, 0.4) is 0 Å². The molecule has 1 aromatic carbocycles. The molecule has 0 spiro atoms. The zero-order valence-corrected chi connectivity index (χ0v) is 19.6. The number of benzene rings is 1. The van der Waals surface area contributed by atoms with Gasteiger partial charge in [-0.2, -0.15) is 0 Å². The molecule has 158 valence electrons. The van der Waals surface area contributed by atoms with Crippen LogP contribution in [-0.2, 0) is 6.54 Å². The van der Waals surface area contributed by atoms with E-state index in [-0.39, 0.29) is 12.1 Å². The maximum absolute atomic E-state index is 13.1. The summed E-state index contributed by atoms with van der Waals surface area (Å²) in [5, 5.41) is 3.03. The number of carbonyl (C=O) groups excluding carboxylic acids is 1. The number of carbonyl (C=O) groups is 1. The molecule has 29 heavy (non-hydrogen) atoms. The topological polar surface area (TPSA) is 48.5 Å². The summed E-state index contributed by atoms with van der Waals surface area (Å²) in [6, 6.07) is 13.6. The molecule has 0 fully saturated rings. The monoisotopic (exact) mass is 460 g/mol. The first kappa shape index (κ1) is 23.4. The lowest BCUT2D eigenvalue weighted by atomic mass is 10.1. The number of halogens is 1. The number of aryl methyl sites for hydroxylation is 1. The quantitative estimate of drug-likeness (QED) is 0.494. The number of anilines is 1. The Morgan fingerprint density at radius 3 is 2.45 bits per heavy atom. The van der Waals surface area contributed by atoms with Crippen LogP contribution in [0.15, 0.2) is 46.9 Å². The van der Waals surface area contributed by atoms with Crippen LogP contribution in [0.5, 0.6) is 0 Å². The Bertz CT molecular complexity index is 762. The van der Waals surface area contributed by atoms with Gasteiger partial charge in [-0.15, -0.1) is 0 Å². The highest BCUT2D eigenvalue weighted by Crippen LogP contribution is 2.17. The first-order valence-corrected chi connectivity index (χ1v) is 11.2. The molecule has 1 unspecified atom stereocenters. The van der Waals surface area contributed by atoms with Gasteiger partial charge in [-0.25, -0.2) is 4.79 Å². The molecule has 0 aliphatic heterocycles. The predicted molar refractivity (Wildman–Crippen MR) is 124 cm³/mol. The average molecular weight is 461 g/mol. The number of aromatic nitrogens is 1. The van der Waals surface area contributed by atoms with E-state index in [0.29, 0.717) is 6.54 Å². The van der Waals surface area contributed by atoms with Crippen molar-refractivity contribution in [3.05, 3.63) is 58.3 Å². The molecule has 1 N–H and O–H groups in total. The summed E-state index contributed by atoms with van der Waals surface area (Å²) in [7, 11) is 0. The van der Waals surface area contributed by atoms with Gasteiger partial charge < -0.3 is 15.1 Å². The van der Waals surface area contributed by atoms with Crippen molar-refractivity contribution in [2.45, 2.75) is 53.1 Å². The molecule has 5 nitrogen and oxygen atoms in total. The number of hydrogen-bond donors (Lipinski definition) is 1. The highest BCUT2D eigenvalue weighted by Gasteiger charge is 2.21. The first-order chi connectivity index (χ1) is 13.9. The van der Waals surface area contributed by atoms with Crippen molar-refractivity contribution < 1.29 is 4.79 Å². The largest absolute Gasteiger partial charge is 0.322 e. The number of nitrogens with zero attached hydrogens (tertiary/aromatic N) is 3. The van der Waals surface area contributed by atoms with Gasteiger partial charge in [0.25, 0.3) is 0 Å². The average Bonchev–Trinajstić information content (AvgIpc) is 2.71. The van der Waals surface area contributed by atoms with Crippen molar-refractivity contribution >= 4 is 27.6 Å². The third-order valence-corrected chi connectivity index (χ3v) is 5.69. The van der Waals surface area contributed by atoms with Gasteiger partial charge in [-0.1, -0.05) is 35.8 Å². The third-order valence-electron chi connectivity index (χ3n) is 5.16. The molecule has 2 aromatic rings. The Kier molecular flexibility index (Phi) is 9.61. The lowest BCUT2D eigenvalue weighted by Crippen LogP contribution is -2.41. The SMILES string of the molecule is CCN(CC)CCCC(C)N(Cc1cccc(C)n1)C(=O)Nc1ccc(Br)cc1. The van der Waals surface area contributed by atoms with Crippen LogP contribution in [-0.4, -0.2) is 46.5 Å². The van der Waals surface area contributed by atoms with E-state index in [9.17, 15) is 4.79 Å². The molecule has 6 heteroatoms. The van der Waals surface area contributed by atoms with Crippen LogP contribution in [0.2, 0.25) is 0 Å². The summed E-state index contributed by atoms with van der Waals surface area (Å²) in [5.41, 5.74) is 2.66. The fourth-order valence-electron chi connectivity index (χ4n) is 3.32. The van der Waals surface area contributed by atoms with E-state index in [1.165, 1.54) is 0 Å². The minimum absolute atomic E-state index is 0.0917. The zero-order valence-electron chi connectivity index (χ0n) is 18.0. The van der Waals surface area contributed by atoms with E-state index < -0.39 is 0 Å². The van der Waals surface area contributed by atoms with Crippen LogP contribution in [0.25, 0.3) is 0 Å². The molecule has 2 rings (SSSR count). The Balaban J connectivity index is 2.08.